The van der Waals surface area contributed by atoms with Crippen molar-refractivity contribution in [1.29, 1.82) is 0 Å². The van der Waals surface area contributed by atoms with Crippen LogP contribution in [0.5, 0.6) is 0 Å². The molecule has 0 aromatic heterocycles. The summed E-state index contributed by atoms with van der Waals surface area (Å²) >= 11 is 0. The summed E-state index contributed by atoms with van der Waals surface area (Å²) in [7, 11) is 0. The van der Waals surface area contributed by atoms with Crippen LogP contribution in [0.4, 0.5) is 5.69 Å². The second kappa shape index (κ2) is 4.25. The minimum absolute atomic E-state index is 0.436. The van der Waals surface area contributed by atoms with Gasteiger partial charge >= 0.3 is 0 Å². The monoisotopic (exact) mass is 223 g/mol. The second-order valence-corrected chi connectivity index (χ2v) is 4.87. The highest BCUT2D eigenvalue weighted by Crippen LogP contribution is 2.36. The summed E-state index contributed by atoms with van der Waals surface area (Å²) in [4.78, 5) is 0. The van der Waals surface area contributed by atoms with E-state index in [9.17, 15) is 0 Å². The third kappa shape index (κ3) is 1.93. The van der Waals surface area contributed by atoms with Crippen LogP contribution in [0.2, 0.25) is 0 Å². The number of benzene rings is 2. The van der Waals surface area contributed by atoms with Crippen LogP contribution >= 0.6 is 0 Å². The third-order valence-corrected chi connectivity index (χ3v) is 3.60. The first-order valence-corrected chi connectivity index (χ1v) is 6.24. The van der Waals surface area contributed by atoms with E-state index in [1.165, 1.54) is 16.8 Å². The van der Waals surface area contributed by atoms with E-state index in [1.807, 2.05) is 0 Å². The van der Waals surface area contributed by atoms with E-state index >= 15 is 0 Å². The summed E-state index contributed by atoms with van der Waals surface area (Å²) in [6.07, 6.45) is 1.16. The summed E-state index contributed by atoms with van der Waals surface area (Å²) < 4.78 is 0. The van der Waals surface area contributed by atoms with E-state index < -0.39 is 0 Å². The van der Waals surface area contributed by atoms with Gasteiger partial charge in [-0.3, -0.25) is 0 Å². The van der Waals surface area contributed by atoms with Crippen molar-refractivity contribution in [1.82, 2.24) is 0 Å². The van der Waals surface area contributed by atoms with Gasteiger partial charge in [-0.1, -0.05) is 55.5 Å². The molecule has 0 unspecified atom stereocenters. The molecule has 3 rings (SSSR count). The van der Waals surface area contributed by atoms with Gasteiger partial charge in [0.05, 0.1) is 6.04 Å². The van der Waals surface area contributed by atoms with Gasteiger partial charge in [-0.05, 0) is 29.5 Å². The maximum Gasteiger partial charge on any atom is 0.0542 e. The first-order valence-electron chi connectivity index (χ1n) is 6.24. The van der Waals surface area contributed by atoms with Crippen molar-refractivity contribution in [2.45, 2.75) is 19.4 Å². The Labute approximate surface area is 102 Å². The first-order chi connectivity index (χ1) is 8.34. The number of anilines is 1. The van der Waals surface area contributed by atoms with Crippen molar-refractivity contribution in [3.05, 3.63) is 65.7 Å². The fourth-order valence-electron chi connectivity index (χ4n) is 2.69. The molecule has 1 heteroatoms. The highest BCUT2D eigenvalue weighted by molar-refractivity contribution is 5.55. The molecular weight excluding hydrogens is 206 g/mol. The van der Waals surface area contributed by atoms with Gasteiger partial charge < -0.3 is 5.32 Å². The van der Waals surface area contributed by atoms with Crippen LogP contribution in [-0.2, 0) is 6.42 Å². The molecule has 1 N–H and O–H groups in total. The zero-order valence-electron chi connectivity index (χ0n) is 10.1. The number of rotatable bonds is 1. The number of para-hydroxylation sites is 1. The number of hydrogen-bond acceptors (Lipinski definition) is 1. The molecule has 0 fully saturated rings. The molecule has 1 nitrogen and oxygen atoms in total. The normalized spacial score (nSPS) is 22.6. The molecule has 0 saturated carbocycles. The number of nitrogens with one attached hydrogen (secondary N) is 1. The van der Waals surface area contributed by atoms with Crippen LogP contribution in [0.3, 0.4) is 0 Å². The van der Waals surface area contributed by atoms with Crippen LogP contribution in [0.15, 0.2) is 54.6 Å². The van der Waals surface area contributed by atoms with Gasteiger partial charge in [-0.15, -0.1) is 0 Å². The highest BCUT2D eigenvalue weighted by Gasteiger charge is 2.25. The molecule has 2 atom stereocenters. The van der Waals surface area contributed by atoms with Gasteiger partial charge in [0.25, 0.3) is 0 Å². The van der Waals surface area contributed by atoms with Crippen molar-refractivity contribution in [2.24, 2.45) is 5.92 Å². The van der Waals surface area contributed by atoms with Crippen LogP contribution in [-0.4, -0.2) is 0 Å². The summed E-state index contributed by atoms with van der Waals surface area (Å²) in [5.41, 5.74) is 4.11. The minimum Gasteiger partial charge on any atom is -0.378 e. The summed E-state index contributed by atoms with van der Waals surface area (Å²) in [5, 5.41) is 3.66. The molecular formula is C16H17N. The van der Waals surface area contributed by atoms with Crippen molar-refractivity contribution < 1.29 is 0 Å². The Morgan fingerprint density at radius 3 is 2.47 bits per heavy atom. The zero-order chi connectivity index (χ0) is 11.7. The second-order valence-electron chi connectivity index (χ2n) is 4.87. The highest BCUT2D eigenvalue weighted by atomic mass is 14.9. The first kappa shape index (κ1) is 10.4. The number of fused-ring (bicyclic) bond motifs is 1. The van der Waals surface area contributed by atoms with Crippen LogP contribution in [0, 0.1) is 5.92 Å². The predicted molar refractivity (Wildman–Crippen MR) is 72.1 cm³/mol. The molecule has 86 valence electrons. The van der Waals surface area contributed by atoms with Gasteiger partial charge in [-0.25, -0.2) is 0 Å². The van der Waals surface area contributed by atoms with Gasteiger partial charge in [0.1, 0.15) is 0 Å². The van der Waals surface area contributed by atoms with E-state index in [1.54, 1.807) is 0 Å². The Morgan fingerprint density at radius 2 is 1.65 bits per heavy atom. The topological polar surface area (TPSA) is 12.0 Å². The van der Waals surface area contributed by atoms with E-state index in [0.29, 0.717) is 12.0 Å². The number of hydrogen-bond donors (Lipinski definition) is 1. The third-order valence-electron chi connectivity index (χ3n) is 3.60. The lowest BCUT2D eigenvalue weighted by Crippen LogP contribution is -2.25. The Bertz CT molecular complexity index is 504. The average molecular weight is 223 g/mol. The van der Waals surface area contributed by atoms with Crippen molar-refractivity contribution >= 4 is 5.69 Å². The Kier molecular flexibility index (Phi) is 2.60. The fourth-order valence-corrected chi connectivity index (χ4v) is 2.69. The van der Waals surface area contributed by atoms with E-state index in [4.69, 9.17) is 0 Å². The summed E-state index contributed by atoms with van der Waals surface area (Å²) in [6.45, 7) is 2.32. The SMILES string of the molecule is C[C@@H]1Cc2ccccc2N[C@H]1c1ccccc1. The molecule has 0 saturated heterocycles. The fraction of sp³-hybridized carbons (Fsp3) is 0.250. The standard InChI is InChI=1S/C16H17N/c1-12-11-14-9-5-6-10-15(14)17-16(12)13-7-3-2-4-8-13/h2-10,12,16-17H,11H2,1H3/t12-,16-/m1/s1. The molecule has 17 heavy (non-hydrogen) atoms. The largest absolute Gasteiger partial charge is 0.378 e. The summed E-state index contributed by atoms with van der Waals surface area (Å²) in [6, 6.07) is 19.8. The van der Waals surface area contributed by atoms with Crippen molar-refractivity contribution in [3.63, 3.8) is 0 Å². The molecule has 0 amide bonds. The lowest BCUT2D eigenvalue weighted by molar-refractivity contribution is 0.479. The maximum atomic E-state index is 3.66. The zero-order valence-corrected chi connectivity index (χ0v) is 10.1. The van der Waals surface area contributed by atoms with Crippen molar-refractivity contribution in [2.75, 3.05) is 5.32 Å². The predicted octanol–water partition coefficient (Wildman–Crippen LogP) is 4.03. The molecule has 0 spiro atoms. The molecule has 0 aliphatic carbocycles. The molecule has 1 aliphatic heterocycles. The Hall–Kier alpha value is -1.76. The lowest BCUT2D eigenvalue weighted by Gasteiger charge is -2.33. The molecule has 1 heterocycles. The molecule has 0 radical (unpaired) electrons. The smallest absolute Gasteiger partial charge is 0.0542 e. The van der Waals surface area contributed by atoms with E-state index in [2.05, 4.69) is 66.8 Å². The Morgan fingerprint density at radius 1 is 0.941 bits per heavy atom. The molecule has 2 aromatic rings. The van der Waals surface area contributed by atoms with Crippen LogP contribution in [0.1, 0.15) is 24.1 Å². The molecule has 0 bridgehead atoms. The van der Waals surface area contributed by atoms with Gasteiger partial charge in [0, 0.05) is 5.69 Å². The van der Waals surface area contributed by atoms with E-state index in [-0.39, 0.29) is 0 Å². The Balaban J connectivity index is 1.95. The quantitative estimate of drug-likeness (QED) is 0.769. The van der Waals surface area contributed by atoms with E-state index in [0.717, 1.165) is 6.42 Å². The van der Waals surface area contributed by atoms with Crippen LogP contribution < -0.4 is 5.32 Å². The molecule has 1 aliphatic rings. The van der Waals surface area contributed by atoms with Gasteiger partial charge in [0.2, 0.25) is 0 Å². The molecule has 2 aromatic carbocycles. The van der Waals surface area contributed by atoms with Crippen molar-refractivity contribution in [3.8, 4) is 0 Å². The van der Waals surface area contributed by atoms with Gasteiger partial charge in [0.15, 0.2) is 0 Å². The average Bonchev–Trinajstić information content (AvgIpc) is 2.39. The van der Waals surface area contributed by atoms with Crippen LogP contribution in [0.25, 0.3) is 0 Å². The van der Waals surface area contributed by atoms with Gasteiger partial charge in [-0.2, -0.15) is 0 Å². The minimum atomic E-state index is 0.436. The summed E-state index contributed by atoms with van der Waals surface area (Å²) in [5.74, 6) is 0.632. The maximum absolute atomic E-state index is 3.66. The lowest BCUT2D eigenvalue weighted by atomic mass is 9.85.